The van der Waals surface area contributed by atoms with Crippen LogP contribution in [0.15, 0.2) is 35.5 Å². The van der Waals surface area contributed by atoms with Gasteiger partial charge in [-0.25, -0.2) is 18.0 Å². The molecule has 3 aromatic heterocycles. The monoisotopic (exact) mass is 437 g/mol. The lowest BCUT2D eigenvalue weighted by atomic mass is 10.2. The molecule has 0 saturated carbocycles. The highest BCUT2D eigenvalue weighted by Gasteiger charge is 2.34. The number of aromatic nitrogens is 3. The number of imidazole rings is 1. The molecule has 0 bridgehead atoms. The topological polar surface area (TPSA) is 111 Å². The number of sulfone groups is 1. The molecule has 0 amide bonds. The molecule has 162 valence electrons. The van der Waals surface area contributed by atoms with Gasteiger partial charge in [0, 0.05) is 18.3 Å². The summed E-state index contributed by atoms with van der Waals surface area (Å²) in [6.07, 6.45) is 2.05. The first-order chi connectivity index (χ1) is 13.8. The van der Waals surface area contributed by atoms with Gasteiger partial charge in [0.2, 0.25) is 0 Å². The second kappa shape index (κ2) is 7.51. The smallest absolute Gasteiger partial charge is 0.287 e. The van der Waals surface area contributed by atoms with Crippen molar-refractivity contribution in [2.45, 2.75) is 43.4 Å². The molecule has 0 radical (unpaired) electrons. The maximum Gasteiger partial charge on any atom is 0.287 e. The molecule has 8 nitrogen and oxygen atoms in total. The second-order valence-corrected chi connectivity index (χ2v) is 10.8. The summed E-state index contributed by atoms with van der Waals surface area (Å²) in [5.74, 6) is -0.250. The number of aliphatic hydroxyl groups excluding tert-OH is 1. The van der Waals surface area contributed by atoms with Crippen LogP contribution in [0.3, 0.4) is 0 Å². The zero-order chi connectivity index (χ0) is 22.4. The fourth-order valence-electron chi connectivity index (χ4n) is 2.88. The minimum Gasteiger partial charge on any atom is -0.489 e. The third kappa shape index (κ3) is 3.72. The molecular weight excluding hydrogens is 411 g/mol. The molecule has 10 heteroatoms. The first-order valence-electron chi connectivity index (χ1n) is 9.35. The van der Waals surface area contributed by atoms with Crippen molar-refractivity contribution < 1.29 is 27.2 Å². The van der Waals surface area contributed by atoms with Crippen LogP contribution in [0.1, 0.15) is 27.7 Å². The van der Waals surface area contributed by atoms with Gasteiger partial charge in [-0.3, -0.25) is 10.1 Å². The minimum absolute atomic E-state index is 0.0670. The quantitative estimate of drug-likeness (QED) is 0.466. The van der Waals surface area contributed by atoms with Gasteiger partial charge in [0.15, 0.2) is 9.84 Å². The van der Waals surface area contributed by atoms with Crippen molar-refractivity contribution in [3.63, 3.8) is 0 Å². The third-order valence-electron chi connectivity index (χ3n) is 4.75. The van der Waals surface area contributed by atoms with Crippen molar-refractivity contribution in [3.8, 4) is 17.0 Å². The number of ether oxygens (including phenoxy) is 1. The number of hydrogen-bond acceptors (Lipinski definition) is 6. The molecule has 30 heavy (non-hydrogen) atoms. The summed E-state index contributed by atoms with van der Waals surface area (Å²) in [6.45, 7) is 6.20. The van der Waals surface area contributed by atoms with E-state index in [-0.39, 0.29) is 28.6 Å². The van der Waals surface area contributed by atoms with Gasteiger partial charge in [-0.1, -0.05) is 0 Å². The van der Waals surface area contributed by atoms with Crippen LogP contribution < -0.4 is 15.0 Å². The first-order valence-corrected chi connectivity index (χ1v) is 10.8. The van der Waals surface area contributed by atoms with Crippen molar-refractivity contribution in [1.29, 1.82) is 0 Å². The average molecular weight is 438 g/mol. The Bertz CT molecular complexity index is 1210. The molecule has 3 rings (SSSR count). The zero-order valence-corrected chi connectivity index (χ0v) is 18.4. The van der Waals surface area contributed by atoms with Crippen LogP contribution in [-0.2, 0) is 16.9 Å². The highest BCUT2D eigenvalue weighted by atomic mass is 32.2. The number of nitrogens with two attached hydrogens (primary N) is 1. The number of nitrogen functional groups attached to an aromatic ring is 1. The average Bonchev–Trinajstić information content (AvgIpc) is 3.05. The predicted octanol–water partition coefficient (Wildman–Crippen LogP) is 1.88. The van der Waals surface area contributed by atoms with Crippen LogP contribution >= 0.6 is 0 Å². The van der Waals surface area contributed by atoms with Gasteiger partial charge in [-0.15, -0.1) is 0 Å². The molecule has 0 aliphatic carbocycles. The summed E-state index contributed by atoms with van der Waals surface area (Å²) < 4.78 is 48.5. The van der Waals surface area contributed by atoms with E-state index in [0.29, 0.717) is 11.3 Å². The van der Waals surface area contributed by atoms with E-state index in [9.17, 15) is 17.9 Å². The Morgan fingerprint density at radius 2 is 2.03 bits per heavy atom. The Labute approximate surface area is 174 Å². The molecule has 0 aliphatic rings. The Kier molecular flexibility index (Phi) is 5.50. The summed E-state index contributed by atoms with van der Waals surface area (Å²) >= 11 is 0. The minimum atomic E-state index is -3.82. The van der Waals surface area contributed by atoms with Crippen molar-refractivity contribution in [2.75, 3.05) is 12.3 Å². The van der Waals surface area contributed by atoms with Crippen molar-refractivity contribution >= 4 is 21.3 Å². The molecule has 0 aliphatic heterocycles. The summed E-state index contributed by atoms with van der Waals surface area (Å²) in [4.78, 5) is 4.21. The fraction of sp³-hybridized carbons (Fsp3) is 0.400. The fourth-order valence-corrected chi connectivity index (χ4v) is 4.16. The van der Waals surface area contributed by atoms with Crippen LogP contribution in [0.2, 0.25) is 0 Å². The number of halogens is 1. The van der Waals surface area contributed by atoms with Gasteiger partial charge in [-0.2, -0.15) is 4.39 Å². The SMILES string of the molecule is C[C@@H](O)COc1cc2ncc(-c3ccc(N)[n+](C)c3F)n2cc1S(=O)(=O)C(C)(C)C. The molecule has 3 aromatic rings. The van der Waals surface area contributed by atoms with Crippen LogP contribution in [-0.4, -0.2) is 40.4 Å². The van der Waals surface area contributed by atoms with Crippen LogP contribution in [0.4, 0.5) is 10.2 Å². The summed E-state index contributed by atoms with van der Waals surface area (Å²) in [6, 6.07) is 4.55. The van der Waals surface area contributed by atoms with E-state index in [0.717, 1.165) is 0 Å². The van der Waals surface area contributed by atoms with Gasteiger partial charge < -0.3 is 9.84 Å². The van der Waals surface area contributed by atoms with Crippen molar-refractivity contribution in [2.24, 2.45) is 7.05 Å². The largest absolute Gasteiger partial charge is 0.489 e. The number of aliphatic hydroxyl groups is 1. The molecule has 3 N–H and O–H groups in total. The molecule has 1 atom stereocenters. The second-order valence-electron chi connectivity index (χ2n) is 8.17. The van der Waals surface area contributed by atoms with E-state index < -0.39 is 26.6 Å². The van der Waals surface area contributed by atoms with E-state index in [2.05, 4.69) is 4.98 Å². The third-order valence-corrected chi connectivity index (χ3v) is 7.25. The summed E-state index contributed by atoms with van der Waals surface area (Å²) in [7, 11) is -2.33. The molecule has 3 heterocycles. The lowest BCUT2D eigenvalue weighted by Crippen LogP contribution is -2.37. The van der Waals surface area contributed by atoms with Gasteiger partial charge >= 0.3 is 0 Å². The lowest BCUT2D eigenvalue weighted by molar-refractivity contribution is -0.685. The Morgan fingerprint density at radius 3 is 2.63 bits per heavy atom. The standard InChI is InChI=1S/C20H25FN4O4S/c1-12(26)11-29-15-8-18-23-9-14(13-6-7-17(22)24(5)19(13)21)25(18)10-16(15)30(27,28)20(2,3)4/h6-10,12,22,26H,11H2,1-5H3/p+1/t12-/m1/s1. The van der Waals surface area contributed by atoms with Gasteiger partial charge in [0.05, 0.1) is 35.4 Å². The zero-order valence-electron chi connectivity index (χ0n) is 17.5. The number of anilines is 1. The van der Waals surface area contributed by atoms with E-state index in [1.807, 2.05) is 0 Å². The summed E-state index contributed by atoms with van der Waals surface area (Å²) in [5.41, 5.74) is 6.70. The van der Waals surface area contributed by atoms with Crippen molar-refractivity contribution in [3.05, 3.63) is 36.5 Å². The van der Waals surface area contributed by atoms with E-state index in [1.54, 1.807) is 26.8 Å². The highest BCUT2D eigenvalue weighted by molar-refractivity contribution is 7.92. The highest BCUT2D eigenvalue weighted by Crippen LogP contribution is 2.35. The maximum absolute atomic E-state index is 14.8. The lowest BCUT2D eigenvalue weighted by Gasteiger charge is -2.22. The van der Waals surface area contributed by atoms with Gasteiger partial charge in [0.1, 0.15) is 22.9 Å². The Hall–Kier alpha value is -2.72. The molecular formula is C20H26FN4O4S+. The van der Waals surface area contributed by atoms with E-state index >= 15 is 0 Å². The molecule has 0 spiro atoms. The number of hydrogen-bond donors (Lipinski definition) is 2. The van der Waals surface area contributed by atoms with E-state index in [4.69, 9.17) is 10.5 Å². The van der Waals surface area contributed by atoms with Crippen LogP contribution in [0.25, 0.3) is 16.9 Å². The number of fused-ring (bicyclic) bond motifs is 1. The first kappa shape index (κ1) is 22.0. The number of rotatable bonds is 5. The molecule has 0 saturated heterocycles. The molecule has 0 fully saturated rings. The van der Waals surface area contributed by atoms with Crippen LogP contribution in [0, 0.1) is 5.95 Å². The van der Waals surface area contributed by atoms with Crippen LogP contribution in [0.5, 0.6) is 5.75 Å². The van der Waals surface area contributed by atoms with Gasteiger partial charge in [-0.05, 0) is 33.8 Å². The number of pyridine rings is 2. The normalized spacial score (nSPS) is 13.6. The Morgan fingerprint density at radius 1 is 1.37 bits per heavy atom. The molecule has 0 aromatic carbocycles. The predicted molar refractivity (Wildman–Crippen MR) is 110 cm³/mol. The van der Waals surface area contributed by atoms with E-state index in [1.165, 1.54) is 47.5 Å². The maximum atomic E-state index is 14.8. The van der Waals surface area contributed by atoms with Gasteiger partial charge in [0.25, 0.3) is 11.8 Å². The Balaban J connectivity index is 2.29. The van der Waals surface area contributed by atoms with Crippen molar-refractivity contribution in [1.82, 2.24) is 9.38 Å². The number of nitrogens with zero attached hydrogens (tertiary/aromatic N) is 3. The molecule has 0 unspecified atom stereocenters. The summed E-state index contributed by atoms with van der Waals surface area (Å²) in [5, 5.41) is 9.56.